The largest absolute Gasteiger partial charge is 0.390 e. The molecule has 9 heteroatoms. The summed E-state index contributed by atoms with van der Waals surface area (Å²) < 4.78 is 3.48. The molecule has 4 heterocycles. The molecule has 0 aromatic carbocycles. The van der Waals surface area contributed by atoms with Crippen LogP contribution < -0.4 is 11.1 Å². The lowest BCUT2D eigenvalue weighted by molar-refractivity contribution is -0.000417. The fourth-order valence-electron chi connectivity index (χ4n) is 4.41. The minimum Gasteiger partial charge on any atom is -0.390 e. The van der Waals surface area contributed by atoms with Crippen LogP contribution in [0.3, 0.4) is 0 Å². The van der Waals surface area contributed by atoms with Gasteiger partial charge in [-0.15, -0.1) is 5.10 Å². The van der Waals surface area contributed by atoms with Gasteiger partial charge in [0.2, 0.25) is 5.95 Å². The molecule has 1 aliphatic rings. The molecule has 0 radical (unpaired) electrons. The van der Waals surface area contributed by atoms with E-state index in [4.69, 9.17) is 5.73 Å². The van der Waals surface area contributed by atoms with E-state index in [9.17, 15) is 5.11 Å². The summed E-state index contributed by atoms with van der Waals surface area (Å²) in [5.41, 5.74) is 8.88. The lowest BCUT2D eigenvalue weighted by atomic mass is 9.77. The summed E-state index contributed by atoms with van der Waals surface area (Å²) in [5.74, 6) is 1.26. The first-order chi connectivity index (χ1) is 14.4. The number of rotatable bonds is 4. The molecule has 1 aliphatic carbocycles. The Hall–Kier alpha value is -3.20. The normalized spacial score (nSPS) is 20.1. The van der Waals surface area contributed by atoms with Crippen molar-refractivity contribution in [3.63, 3.8) is 0 Å². The molecule has 0 saturated heterocycles. The molecule has 4 aromatic heterocycles. The van der Waals surface area contributed by atoms with Gasteiger partial charge in [0.05, 0.1) is 11.3 Å². The Morgan fingerprint density at radius 1 is 1.07 bits per heavy atom. The number of nitrogens with zero attached hydrogens (tertiary/aromatic N) is 6. The summed E-state index contributed by atoms with van der Waals surface area (Å²) in [4.78, 5) is 8.74. The molecule has 0 amide bonds. The minimum atomic E-state index is -0.625. The number of hydrogen-bond donors (Lipinski definition) is 3. The van der Waals surface area contributed by atoms with Gasteiger partial charge in [-0.25, -0.2) is 14.0 Å². The maximum absolute atomic E-state index is 10.2. The van der Waals surface area contributed by atoms with Crippen molar-refractivity contribution in [1.82, 2.24) is 29.2 Å². The minimum absolute atomic E-state index is 0.279. The van der Waals surface area contributed by atoms with Gasteiger partial charge in [0, 0.05) is 30.2 Å². The van der Waals surface area contributed by atoms with Crippen LogP contribution in [0.5, 0.6) is 0 Å². The quantitative estimate of drug-likeness (QED) is 0.477. The van der Waals surface area contributed by atoms with Gasteiger partial charge in [-0.1, -0.05) is 0 Å². The molecule has 0 unspecified atom stereocenters. The first-order valence-electron chi connectivity index (χ1n) is 10.3. The molecular weight excluding hydrogens is 380 g/mol. The molecule has 5 rings (SSSR count). The van der Waals surface area contributed by atoms with Crippen LogP contribution in [0.4, 0.5) is 11.8 Å². The average molecular weight is 406 g/mol. The van der Waals surface area contributed by atoms with Crippen molar-refractivity contribution < 1.29 is 5.11 Å². The third kappa shape index (κ3) is 3.35. The van der Waals surface area contributed by atoms with Crippen molar-refractivity contribution in [2.45, 2.75) is 51.2 Å². The van der Waals surface area contributed by atoms with Gasteiger partial charge in [0.1, 0.15) is 5.52 Å². The molecule has 0 atom stereocenters. The van der Waals surface area contributed by atoms with Crippen LogP contribution >= 0.6 is 0 Å². The van der Waals surface area contributed by atoms with Crippen LogP contribution in [0.1, 0.15) is 39.5 Å². The van der Waals surface area contributed by atoms with Crippen molar-refractivity contribution in [3.05, 3.63) is 36.8 Å². The van der Waals surface area contributed by atoms with Crippen LogP contribution in [-0.4, -0.2) is 45.9 Å². The van der Waals surface area contributed by atoms with Crippen LogP contribution in [-0.2, 0) is 0 Å². The number of hydrogen-bond acceptors (Lipinski definition) is 7. The van der Waals surface area contributed by atoms with Crippen LogP contribution in [0.15, 0.2) is 36.8 Å². The monoisotopic (exact) mass is 406 g/mol. The molecule has 4 aromatic rings. The molecule has 30 heavy (non-hydrogen) atoms. The van der Waals surface area contributed by atoms with Gasteiger partial charge >= 0.3 is 0 Å². The maximum atomic E-state index is 10.2. The summed E-state index contributed by atoms with van der Waals surface area (Å²) >= 11 is 0. The highest BCUT2D eigenvalue weighted by molar-refractivity contribution is 5.86. The van der Waals surface area contributed by atoms with Gasteiger partial charge in [-0.3, -0.25) is 0 Å². The first kappa shape index (κ1) is 18.8. The Kier molecular flexibility index (Phi) is 4.35. The Bertz CT molecular complexity index is 1200. The highest BCUT2D eigenvalue weighted by Crippen LogP contribution is 2.34. The van der Waals surface area contributed by atoms with Crippen LogP contribution in [0.25, 0.3) is 22.4 Å². The maximum Gasteiger partial charge on any atom is 0.243 e. The zero-order valence-electron chi connectivity index (χ0n) is 17.2. The fourth-order valence-corrected chi connectivity index (χ4v) is 4.41. The van der Waals surface area contributed by atoms with Crippen molar-refractivity contribution >= 4 is 22.9 Å². The number of aliphatic hydroxyl groups is 1. The lowest BCUT2D eigenvalue weighted by Gasteiger charge is -2.36. The number of nitrogen functional groups attached to an aromatic ring is 1. The Morgan fingerprint density at radius 3 is 2.63 bits per heavy atom. The van der Waals surface area contributed by atoms with Gasteiger partial charge in [0.15, 0.2) is 11.5 Å². The number of nitrogens with two attached hydrogens (primary N) is 1. The summed E-state index contributed by atoms with van der Waals surface area (Å²) in [5, 5.41) is 22.9. The lowest BCUT2D eigenvalue weighted by Crippen LogP contribution is -2.37. The third-order valence-corrected chi connectivity index (χ3v) is 6.13. The van der Waals surface area contributed by atoms with E-state index in [0.29, 0.717) is 17.7 Å². The first-order valence-corrected chi connectivity index (χ1v) is 10.3. The van der Waals surface area contributed by atoms with E-state index in [0.717, 1.165) is 48.1 Å². The molecule has 1 saturated carbocycles. The van der Waals surface area contributed by atoms with E-state index in [-0.39, 0.29) is 6.04 Å². The Balaban J connectivity index is 1.39. The molecule has 1 fully saturated rings. The number of anilines is 2. The van der Waals surface area contributed by atoms with Crippen LogP contribution in [0.2, 0.25) is 0 Å². The predicted octanol–water partition coefficient (Wildman–Crippen LogP) is 2.76. The van der Waals surface area contributed by atoms with Crippen molar-refractivity contribution in [2.75, 3.05) is 11.1 Å². The van der Waals surface area contributed by atoms with E-state index in [1.165, 1.54) is 0 Å². The van der Waals surface area contributed by atoms with Gasteiger partial charge in [-0.2, -0.15) is 10.1 Å². The smallest absolute Gasteiger partial charge is 0.243 e. The molecule has 0 bridgehead atoms. The topological polar surface area (TPSA) is 119 Å². The van der Waals surface area contributed by atoms with E-state index in [2.05, 4.69) is 25.5 Å². The van der Waals surface area contributed by atoms with Crippen molar-refractivity contribution in [2.24, 2.45) is 5.92 Å². The van der Waals surface area contributed by atoms with E-state index < -0.39 is 5.60 Å². The van der Waals surface area contributed by atoms with Gasteiger partial charge < -0.3 is 16.2 Å². The van der Waals surface area contributed by atoms with Crippen LogP contribution in [0, 0.1) is 5.92 Å². The number of nitrogens with one attached hydrogen (secondary N) is 1. The number of fused-ring (bicyclic) bond motifs is 2. The zero-order valence-corrected chi connectivity index (χ0v) is 17.2. The summed E-state index contributed by atoms with van der Waals surface area (Å²) in [6, 6.07) is 6.07. The Labute approximate surface area is 174 Å². The average Bonchev–Trinajstić information content (AvgIpc) is 3.34. The second-order valence-corrected chi connectivity index (χ2v) is 8.64. The van der Waals surface area contributed by atoms with E-state index in [1.807, 2.05) is 44.4 Å². The molecule has 0 spiro atoms. The van der Waals surface area contributed by atoms with E-state index in [1.54, 1.807) is 15.2 Å². The molecule has 156 valence electrons. The molecular formula is C21H26N8O. The number of aromatic nitrogens is 6. The molecule has 0 aliphatic heterocycles. The second-order valence-electron chi connectivity index (χ2n) is 8.64. The Morgan fingerprint density at radius 2 is 1.87 bits per heavy atom. The number of imidazole rings is 1. The fraction of sp³-hybridized carbons (Fsp3) is 0.429. The van der Waals surface area contributed by atoms with Crippen molar-refractivity contribution in [3.8, 4) is 11.3 Å². The van der Waals surface area contributed by atoms with E-state index >= 15 is 0 Å². The standard InChI is InChI=1S/C21H26N8O/c1-21(2,30)13-3-5-14(6-4-13)24-20-25-19(22)18-15(9-11-29(18)27-20)16-7-8-17-23-10-12-28(17)26-16/h7-14,30H,3-6H2,1-2H3,(H3,22,24,25,27). The second kappa shape index (κ2) is 6.94. The SMILES string of the molecule is CC(C)(O)C1CCC(Nc2nc(N)c3c(-c4ccc5nccn5n4)ccn3n2)CC1. The summed E-state index contributed by atoms with van der Waals surface area (Å²) in [7, 11) is 0. The zero-order chi connectivity index (χ0) is 20.9. The van der Waals surface area contributed by atoms with Gasteiger partial charge in [-0.05, 0) is 63.6 Å². The predicted molar refractivity (Wildman–Crippen MR) is 115 cm³/mol. The van der Waals surface area contributed by atoms with Crippen molar-refractivity contribution in [1.29, 1.82) is 0 Å². The highest BCUT2D eigenvalue weighted by atomic mass is 16.3. The summed E-state index contributed by atoms with van der Waals surface area (Å²) in [6.45, 7) is 3.79. The third-order valence-electron chi connectivity index (χ3n) is 6.13. The summed E-state index contributed by atoms with van der Waals surface area (Å²) in [6.07, 6.45) is 9.31. The molecule has 9 nitrogen and oxygen atoms in total. The highest BCUT2D eigenvalue weighted by Gasteiger charge is 2.31. The van der Waals surface area contributed by atoms with Gasteiger partial charge in [0.25, 0.3) is 0 Å². The molecule has 4 N–H and O–H groups in total.